The quantitative estimate of drug-likeness (QED) is 0.753. The number of carbonyl (C=O) groups excluding carboxylic acids is 1. The van der Waals surface area contributed by atoms with Gasteiger partial charge >= 0.3 is 6.18 Å². The molecule has 0 bridgehead atoms. The first kappa shape index (κ1) is 21.1. The minimum Gasteiger partial charge on any atom is -0.324 e. The molecule has 2 aromatic rings. The van der Waals surface area contributed by atoms with Crippen LogP contribution in [0.25, 0.3) is 0 Å². The van der Waals surface area contributed by atoms with Crippen LogP contribution >= 0.6 is 22.9 Å². The van der Waals surface area contributed by atoms with Gasteiger partial charge in [0, 0.05) is 37.6 Å². The van der Waals surface area contributed by atoms with Gasteiger partial charge < -0.3 is 5.32 Å². The highest BCUT2D eigenvalue weighted by atomic mass is 35.5. The summed E-state index contributed by atoms with van der Waals surface area (Å²) >= 11 is 7.51. The van der Waals surface area contributed by atoms with Crippen LogP contribution in [0.3, 0.4) is 0 Å². The van der Waals surface area contributed by atoms with E-state index in [9.17, 15) is 18.0 Å². The van der Waals surface area contributed by atoms with Gasteiger partial charge in [-0.25, -0.2) is 0 Å². The molecule has 1 atom stereocenters. The van der Waals surface area contributed by atoms with E-state index in [1.165, 1.54) is 23.1 Å². The van der Waals surface area contributed by atoms with Crippen molar-refractivity contribution in [3.05, 3.63) is 51.2 Å². The summed E-state index contributed by atoms with van der Waals surface area (Å²) in [5.41, 5.74) is -1.05. The number of halogens is 4. The lowest BCUT2D eigenvalue weighted by molar-refractivity contribution is -0.137. The molecule has 0 spiro atoms. The average Bonchev–Trinajstić information content (AvgIpc) is 3.06. The van der Waals surface area contributed by atoms with Crippen molar-refractivity contribution in [1.82, 2.24) is 9.80 Å². The smallest absolute Gasteiger partial charge is 0.324 e. The maximum Gasteiger partial charge on any atom is 0.418 e. The number of nitrogens with one attached hydrogen (secondary N) is 1. The first-order valence-electron chi connectivity index (χ1n) is 8.92. The number of rotatable bonds is 5. The molecule has 2 heterocycles. The number of carbonyl (C=O) groups is 1. The molecule has 1 amide bonds. The fourth-order valence-electron chi connectivity index (χ4n) is 3.21. The van der Waals surface area contributed by atoms with Gasteiger partial charge in [0.2, 0.25) is 5.91 Å². The van der Waals surface area contributed by atoms with E-state index < -0.39 is 23.7 Å². The van der Waals surface area contributed by atoms with Gasteiger partial charge in [-0.2, -0.15) is 13.2 Å². The second-order valence-corrected chi connectivity index (χ2v) is 8.53. The van der Waals surface area contributed by atoms with Crippen molar-refractivity contribution in [2.45, 2.75) is 25.7 Å². The number of nitrogens with zero attached hydrogens (tertiary/aromatic N) is 2. The van der Waals surface area contributed by atoms with E-state index in [4.69, 9.17) is 11.6 Å². The monoisotopic (exact) mass is 431 g/mol. The average molecular weight is 432 g/mol. The summed E-state index contributed by atoms with van der Waals surface area (Å²) in [6.07, 6.45) is -4.51. The third-order valence-electron chi connectivity index (χ3n) is 4.83. The van der Waals surface area contributed by atoms with Crippen molar-refractivity contribution >= 4 is 34.5 Å². The third-order valence-corrected chi connectivity index (χ3v) is 6.05. The Kier molecular flexibility index (Phi) is 6.65. The molecule has 1 fully saturated rings. The molecule has 1 saturated heterocycles. The summed E-state index contributed by atoms with van der Waals surface area (Å²) in [5.74, 6) is -0.435. The third kappa shape index (κ3) is 5.26. The highest BCUT2D eigenvalue weighted by Gasteiger charge is 2.34. The number of anilines is 1. The lowest BCUT2D eigenvalue weighted by atomic mass is 10.1. The van der Waals surface area contributed by atoms with Crippen LogP contribution in [0.5, 0.6) is 0 Å². The molecule has 0 aliphatic carbocycles. The molecule has 1 aromatic carbocycles. The summed E-state index contributed by atoms with van der Waals surface area (Å²) in [5, 5.41) is 2.44. The minimum atomic E-state index is -4.51. The van der Waals surface area contributed by atoms with E-state index >= 15 is 0 Å². The molecule has 1 unspecified atom stereocenters. The van der Waals surface area contributed by atoms with Crippen molar-refractivity contribution in [3.8, 4) is 0 Å². The van der Waals surface area contributed by atoms with E-state index in [0.717, 1.165) is 30.0 Å². The molecular formula is C19H21ClF3N3OS. The molecule has 0 radical (unpaired) electrons. The lowest BCUT2D eigenvalue weighted by Gasteiger charge is -2.37. The Hall–Kier alpha value is -1.61. The summed E-state index contributed by atoms with van der Waals surface area (Å²) < 4.78 is 40.1. The number of para-hydroxylation sites is 1. The van der Waals surface area contributed by atoms with Crippen LogP contribution in [0.4, 0.5) is 18.9 Å². The molecular weight excluding hydrogens is 411 g/mol. The standard InChI is InChI=1S/C19H21ClF3N3OS/c1-13(18(27)24-16-5-3-2-4-15(16)19(21,22)23)26-10-8-25(9-11-26)12-14-6-7-17(20)28-14/h2-7,13H,8-12H2,1H3,(H,24,27). The van der Waals surface area contributed by atoms with Gasteiger partial charge in [0.1, 0.15) is 0 Å². The Morgan fingerprint density at radius 3 is 2.46 bits per heavy atom. The van der Waals surface area contributed by atoms with Crippen molar-refractivity contribution < 1.29 is 18.0 Å². The Morgan fingerprint density at radius 2 is 1.86 bits per heavy atom. The molecule has 3 rings (SSSR count). The number of piperazine rings is 1. The van der Waals surface area contributed by atoms with Crippen LogP contribution < -0.4 is 5.32 Å². The second kappa shape index (κ2) is 8.82. The van der Waals surface area contributed by atoms with Crippen molar-refractivity contribution in [2.75, 3.05) is 31.5 Å². The van der Waals surface area contributed by atoms with Crippen molar-refractivity contribution in [3.63, 3.8) is 0 Å². The van der Waals surface area contributed by atoms with E-state index in [1.54, 1.807) is 18.3 Å². The van der Waals surface area contributed by atoms with Gasteiger partial charge in [0.05, 0.1) is 21.6 Å². The highest BCUT2D eigenvalue weighted by Crippen LogP contribution is 2.34. The molecule has 152 valence electrons. The molecule has 1 N–H and O–H groups in total. The zero-order chi connectivity index (χ0) is 20.3. The SMILES string of the molecule is CC(C(=O)Nc1ccccc1C(F)(F)F)N1CCN(Cc2ccc(Cl)s2)CC1. The van der Waals surface area contributed by atoms with Gasteiger partial charge in [-0.3, -0.25) is 14.6 Å². The fraction of sp³-hybridized carbons (Fsp3) is 0.421. The van der Waals surface area contributed by atoms with Crippen LogP contribution in [0.1, 0.15) is 17.4 Å². The highest BCUT2D eigenvalue weighted by molar-refractivity contribution is 7.16. The minimum absolute atomic E-state index is 0.208. The van der Waals surface area contributed by atoms with Crippen LogP contribution in [0, 0.1) is 0 Å². The van der Waals surface area contributed by atoms with Crippen molar-refractivity contribution in [2.24, 2.45) is 0 Å². The molecule has 1 aliphatic rings. The van der Waals surface area contributed by atoms with Crippen LogP contribution in [-0.2, 0) is 17.5 Å². The summed E-state index contributed by atoms with van der Waals surface area (Å²) in [6.45, 7) is 5.45. The Bertz CT molecular complexity index is 819. The number of amides is 1. The number of thiophene rings is 1. The Balaban J connectivity index is 1.55. The normalized spacial score (nSPS) is 17.5. The van der Waals surface area contributed by atoms with Crippen LogP contribution in [-0.4, -0.2) is 47.9 Å². The predicted molar refractivity (Wildman–Crippen MR) is 106 cm³/mol. The van der Waals surface area contributed by atoms with Gasteiger partial charge in [0.15, 0.2) is 0 Å². The number of hydrogen-bond acceptors (Lipinski definition) is 4. The number of benzene rings is 1. The maximum atomic E-state index is 13.1. The zero-order valence-electron chi connectivity index (χ0n) is 15.3. The predicted octanol–water partition coefficient (Wildman–Crippen LogP) is 4.57. The van der Waals surface area contributed by atoms with Gasteiger partial charge in [-0.15, -0.1) is 11.3 Å². The van der Waals surface area contributed by atoms with E-state index in [0.29, 0.717) is 13.1 Å². The summed E-state index contributed by atoms with van der Waals surface area (Å²) in [7, 11) is 0. The fourth-order valence-corrected chi connectivity index (χ4v) is 4.34. The largest absolute Gasteiger partial charge is 0.418 e. The van der Waals surface area contributed by atoms with Gasteiger partial charge in [0.25, 0.3) is 0 Å². The van der Waals surface area contributed by atoms with Crippen LogP contribution in [0.15, 0.2) is 36.4 Å². The number of alkyl halides is 3. The van der Waals surface area contributed by atoms with Gasteiger partial charge in [-0.05, 0) is 31.2 Å². The molecule has 0 saturated carbocycles. The molecule has 1 aromatic heterocycles. The maximum absolute atomic E-state index is 13.1. The molecule has 9 heteroatoms. The summed E-state index contributed by atoms with van der Waals surface area (Å²) in [6, 6.07) is 8.40. The van der Waals surface area contributed by atoms with Crippen LogP contribution in [0.2, 0.25) is 4.34 Å². The first-order chi connectivity index (χ1) is 13.2. The van der Waals surface area contributed by atoms with Gasteiger partial charge in [-0.1, -0.05) is 23.7 Å². The summed E-state index contributed by atoms with van der Waals surface area (Å²) in [4.78, 5) is 18.0. The Morgan fingerprint density at radius 1 is 1.18 bits per heavy atom. The van der Waals surface area contributed by atoms with Crippen molar-refractivity contribution in [1.29, 1.82) is 0 Å². The Labute approximate surface area is 170 Å². The second-order valence-electron chi connectivity index (χ2n) is 6.73. The molecule has 1 aliphatic heterocycles. The molecule has 4 nitrogen and oxygen atoms in total. The van der Waals surface area contributed by atoms with E-state index in [-0.39, 0.29) is 5.69 Å². The molecule has 28 heavy (non-hydrogen) atoms. The van der Waals surface area contributed by atoms with E-state index in [1.807, 2.05) is 17.0 Å². The lowest BCUT2D eigenvalue weighted by Crippen LogP contribution is -2.52. The first-order valence-corrected chi connectivity index (χ1v) is 10.1. The zero-order valence-corrected chi connectivity index (χ0v) is 16.9. The number of hydrogen-bond donors (Lipinski definition) is 1. The van der Waals surface area contributed by atoms with E-state index in [2.05, 4.69) is 10.2 Å². The topological polar surface area (TPSA) is 35.6 Å².